The molecule has 0 aliphatic carbocycles. The summed E-state index contributed by atoms with van der Waals surface area (Å²) in [4.78, 5) is 14.0. The molecule has 2 aromatic rings. The summed E-state index contributed by atoms with van der Waals surface area (Å²) in [5.74, 6) is -0.304. The summed E-state index contributed by atoms with van der Waals surface area (Å²) in [7, 11) is 0. The molecule has 1 N–H and O–H groups in total. The van der Waals surface area contributed by atoms with Gasteiger partial charge >= 0.3 is 6.18 Å². The minimum absolute atomic E-state index is 0.304. The van der Waals surface area contributed by atoms with E-state index in [0.29, 0.717) is 16.9 Å². The second-order valence-corrected chi connectivity index (χ2v) is 5.72. The number of para-hydroxylation sites is 1. The van der Waals surface area contributed by atoms with Crippen molar-refractivity contribution in [1.29, 1.82) is 0 Å². The molecule has 3 rings (SSSR count). The van der Waals surface area contributed by atoms with Crippen LogP contribution in [0.5, 0.6) is 0 Å². The lowest BCUT2D eigenvalue weighted by Crippen LogP contribution is -2.46. The number of fused-ring (bicyclic) bond motifs is 1. The number of nitrogens with one attached hydrogen (secondary N) is 1. The lowest BCUT2D eigenvalue weighted by Gasteiger charge is -2.35. The summed E-state index contributed by atoms with van der Waals surface area (Å²) in [5, 5.41) is 3.10. The topological polar surface area (TPSA) is 32.3 Å². The van der Waals surface area contributed by atoms with E-state index in [4.69, 9.17) is 0 Å². The van der Waals surface area contributed by atoms with Crippen LogP contribution in [0.3, 0.4) is 0 Å². The highest BCUT2D eigenvalue weighted by molar-refractivity contribution is 7.81. The average Bonchev–Trinajstić information content (AvgIpc) is 2.48. The Morgan fingerprint density at radius 2 is 1.78 bits per heavy atom. The van der Waals surface area contributed by atoms with Crippen LogP contribution in [0, 0.1) is 6.92 Å². The molecular formula is C16H13F3N2OS. The van der Waals surface area contributed by atoms with E-state index >= 15 is 0 Å². The molecule has 2 aromatic carbocycles. The number of halogens is 3. The van der Waals surface area contributed by atoms with E-state index in [1.165, 1.54) is 17.0 Å². The predicted molar refractivity (Wildman–Crippen MR) is 85.8 cm³/mol. The monoisotopic (exact) mass is 338 g/mol. The van der Waals surface area contributed by atoms with Crippen LogP contribution >= 0.6 is 12.6 Å². The normalized spacial score (nSPS) is 17.7. The predicted octanol–water partition coefficient (Wildman–Crippen LogP) is 4.30. The highest BCUT2D eigenvalue weighted by Crippen LogP contribution is 2.35. The smallest absolute Gasteiger partial charge is 0.356 e. The van der Waals surface area contributed by atoms with Crippen molar-refractivity contribution in [3.05, 3.63) is 59.2 Å². The Morgan fingerprint density at radius 3 is 2.39 bits per heavy atom. The van der Waals surface area contributed by atoms with Crippen LogP contribution in [0.15, 0.2) is 42.5 Å². The number of aryl methyl sites for hydroxylation is 1. The van der Waals surface area contributed by atoms with Gasteiger partial charge in [-0.3, -0.25) is 9.69 Å². The van der Waals surface area contributed by atoms with Crippen molar-refractivity contribution in [2.75, 3.05) is 10.2 Å². The van der Waals surface area contributed by atoms with Gasteiger partial charge in [0, 0.05) is 5.69 Å². The van der Waals surface area contributed by atoms with Crippen molar-refractivity contribution in [2.24, 2.45) is 0 Å². The van der Waals surface area contributed by atoms with Gasteiger partial charge in [0.2, 0.25) is 0 Å². The molecular weight excluding hydrogens is 325 g/mol. The van der Waals surface area contributed by atoms with E-state index in [9.17, 15) is 18.0 Å². The Bertz CT molecular complexity index is 759. The van der Waals surface area contributed by atoms with Gasteiger partial charge in [-0.15, -0.1) is 12.6 Å². The molecule has 23 heavy (non-hydrogen) atoms. The maximum atomic E-state index is 12.7. The van der Waals surface area contributed by atoms with Crippen molar-refractivity contribution < 1.29 is 18.0 Å². The van der Waals surface area contributed by atoms with Crippen LogP contribution in [-0.4, -0.2) is 11.4 Å². The molecule has 0 bridgehead atoms. The summed E-state index contributed by atoms with van der Waals surface area (Å²) in [6, 6.07) is 9.75. The number of carbonyl (C=O) groups is 1. The first-order valence-corrected chi connectivity index (χ1v) is 7.36. The standard InChI is InChI=1S/C16H13F3N2OS/c1-9-3-2-4-12-13(9)20-15(23)21(14(12)22)11-7-5-10(6-8-11)16(17,18)19/h2-8,15,20,23H,1H3. The average molecular weight is 338 g/mol. The van der Waals surface area contributed by atoms with Gasteiger partial charge in [0.25, 0.3) is 5.91 Å². The van der Waals surface area contributed by atoms with Gasteiger partial charge in [0.1, 0.15) is 0 Å². The number of rotatable bonds is 1. The van der Waals surface area contributed by atoms with E-state index in [-0.39, 0.29) is 5.91 Å². The Kier molecular flexibility index (Phi) is 3.75. The highest BCUT2D eigenvalue weighted by atomic mass is 32.1. The third kappa shape index (κ3) is 2.76. The summed E-state index contributed by atoms with van der Waals surface area (Å²) in [6.45, 7) is 1.87. The number of thiol groups is 1. The molecule has 0 spiro atoms. The SMILES string of the molecule is Cc1cccc2c1NC(S)N(c1ccc(C(F)(F)F)cc1)C2=O. The van der Waals surface area contributed by atoms with Gasteiger partial charge in [-0.05, 0) is 42.8 Å². The van der Waals surface area contributed by atoms with E-state index < -0.39 is 17.2 Å². The van der Waals surface area contributed by atoms with Gasteiger partial charge < -0.3 is 5.32 Å². The first-order valence-electron chi connectivity index (χ1n) is 6.84. The molecule has 1 atom stereocenters. The number of hydrogen-bond acceptors (Lipinski definition) is 3. The largest absolute Gasteiger partial charge is 0.416 e. The fourth-order valence-electron chi connectivity index (χ4n) is 2.54. The lowest BCUT2D eigenvalue weighted by molar-refractivity contribution is -0.137. The maximum absolute atomic E-state index is 12.7. The zero-order valence-corrected chi connectivity index (χ0v) is 12.9. The molecule has 0 radical (unpaired) electrons. The lowest BCUT2D eigenvalue weighted by atomic mass is 10.0. The van der Waals surface area contributed by atoms with Crippen LogP contribution in [0.2, 0.25) is 0 Å². The number of nitrogens with zero attached hydrogens (tertiary/aromatic N) is 1. The Balaban J connectivity index is 1.99. The molecule has 1 heterocycles. The van der Waals surface area contributed by atoms with Crippen LogP contribution in [0.4, 0.5) is 24.5 Å². The molecule has 0 aromatic heterocycles. The van der Waals surface area contributed by atoms with Gasteiger partial charge in [-0.1, -0.05) is 12.1 Å². The highest BCUT2D eigenvalue weighted by Gasteiger charge is 2.33. The molecule has 0 saturated heterocycles. The van der Waals surface area contributed by atoms with E-state index in [2.05, 4.69) is 17.9 Å². The number of anilines is 2. The van der Waals surface area contributed by atoms with Crippen LogP contribution in [-0.2, 0) is 6.18 Å². The quantitative estimate of drug-likeness (QED) is 0.760. The van der Waals surface area contributed by atoms with Crippen molar-refractivity contribution in [3.8, 4) is 0 Å². The first-order chi connectivity index (χ1) is 10.8. The van der Waals surface area contributed by atoms with Crippen molar-refractivity contribution >= 4 is 29.9 Å². The second-order valence-electron chi connectivity index (χ2n) is 5.24. The minimum atomic E-state index is -4.41. The zero-order chi connectivity index (χ0) is 16.8. The molecule has 120 valence electrons. The number of alkyl halides is 3. The van der Waals surface area contributed by atoms with E-state index in [0.717, 1.165) is 17.7 Å². The summed E-state index contributed by atoms with van der Waals surface area (Å²) in [5.41, 5.74) is 0.999. The molecule has 7 heteroatoms. The van der Waals surface area contributed by atoms with Crippen molar-refractivity contribution in [3.63, 3.8) is 0 Å². The van der Waals surface area contributed by atoms with Crippen molar-refractivity contribution in [2.45, 2.75) is 18.6 Å². The number of benzene rings is 2. The molecule has 0 fully saturated rings. The Morgan fingerprint density at radius 1 is 1.13 bits per heavy atom. The fraction of sp³-hybridized carbons (Fsp3) is 0.188. The van der Waals surface area contributed by atoms with Gasteiger partial charge in [-0.25, -0.2) is 0 Å². The number of hydrogen-bond donors (Lipinski definition) is 2. The summed E-state index contributed by atoms with van der Waals surface area (Å²) in [6.07, 6.45) is -4.41. The number of carbonyl (C=O) groups excluding carboxylic acids is 1. The van der Waals surface area contributed by atoms with Gasteiger partial charge in [0.15, 0.2) is 5.50 Å². The van der Waals surface area contributed by atoms with Crippen LogP contribution in [0.25, 0.3) is 0 Å². The van der Waals surface area contributed by atoms with E-state index in [1.54, 1.807) is 12.1 Å². The van der Waals surface area contributed by atoms with Crippen LogP contribution < -0.4 is 10.2 Å². The summed E-state index contributed by atoms with van der Waals surface area (Å²) >= 11 is 4.35. The molecule has 1 unspecified atom stereocenters. The summed E-state index contributed by atoms with van der Waals surface area (Å²) < 4.78 is 37.9. The Hall–Kier alpha value is -2.15. The van der Waals surface area contributed by atoms with Crippen molar-refractivity contribution in [1.82, 2.24) is 0 Å². The molecule has 0 saturated carbocycles. The molecule has 1 amide bonds. The minimum Gasteiger partial charge on any atom is -0.356 e. The fourth-order valence-corrected chi connectivity index (χ4v) is 2.91. The molecule has 1 aliphatic heterocycles. The third-order valence-electron chi connectivity index (χ3n) is 3.71. The molecule has 3 nitrogen and oxygen atoms in total. The van der Waals surface area contributed by atoms with E-state index in [1.807, 2.05) is 13.0 Å². The maximum Gasteiger partial charge on any atom is 0.416 e. The molecule has 1 aliphatic rings. The number of amides is 1. The third-order valence-corrected chi connectivity index (χ3v) is 4.07. The van der Waals surface area contributed by atoms with Gasteiger partial charge in [-0.2, -0.15) is 13.2 Å². The first kappa shape index (κ1) is 15.7. The Labute approximate surface area is 136 Å². The van der Waals surface area contributed by atoms with Crippen LogP contribution in [0.1, 0.15) is 21.5 Å². The zero-order valence-electron chi connectivity index (χ0n) is 12.1. The van der Waals surface area contributed by atoms with Gasteiger partial charge in [0.05, 0.1) is 16.8 Å². The second kappa shape index (κ2) is 5.49.